The van der Waals surface area contributed by atoms with Crippen molar-refractivity contribution in [2.45, 2.75) is 76.2 Å². The molecular formula is C46H54N4. The summed E-state index contributed by atoms with van der Waals surface area (Å²) in [7, 11) is 0. The lowest BCUT2D eigenvalue weighted by Crippen LogP contribution is -2.16. The molecule has 1 atom stereocenters. The van der Waals surface area contributed by atoms with E-state index in [9.17, 15) is 0 Å². The summed E-state index contributed by atoms with van der Waals surface area (Å²) in [6.07, 6.45) is 8.92. The molecule has 50 heavy (non-hydrogen) atoms. The van der Waals surface area contributed by atoms with Crippen LogP contribution in [0.15, 0.2) is 114 Å². The molecule has 1 aliphatic carbocycles. The maximum atomic E-state index is 3.94. The summed E-state index contributed by atoms with van der Waals surface area (Å²) in [4.78, 5) is 11.7. The zero-order chi connectivity index (χ0) is 36.1. The number of H-pyrrole nitrogens is 3. The lowest BCUT2D eigenvalue weighted by molar-refractivity contribution is 0.896. The molecule has 4 heteroatoms. The van der Waals surface area contributed by atoms with Gasteiger partial charge in [0, 0.05) is 49.6 Å². The van der Waals surface area contributed by atoms with Crippen molar-refractivity contribution in [1.29, 1.82) is 0 Å². The summed E-state index contributed by atoms with van der Waals surface area (Å²) in [6.45, 7) is 22.7. The quantitative estimate of drug-likeness (QED) is 0.129. The first-order valence-corrected chi connectivity index (χ1v) is 18.7. The van der Waals surface area contributed by atoms with E-state index in [1.807, 2.05) is 55.4 Å². The average Bonchev–Trinajstić information content (AvgIpc) is 3.98. The fourth-order valence-electron chi connectivity index (χ4n) is 7.45. The normalized spacial score (nSPS) is 15.5. The lowest BCUT2D eigenvalue weighted by atomic mass is 9.90. The van der Waals surface area contributed by atoms with Crippen LogP contribution in [0.2, 0.25) is 0 Å². The summed E-state index contributed by atoms with van der Waals surface area (Å²) in [5, 5.41) is 15.8. The topological polar surface area (TPSA) is 59.4 Å². The Balaban J connectivity index is 0.000000570. The predicted molar refractivity (Wildman–Crippen MR) is 219 cm³/mol. The minimum absolute atomic E-state index is 0.176. The summed E-state index contributed by atoms with van der Waals surface area (Å²) >= 11 is 0. The maximum Gasteiger partial charge on any atom is 0.0710 e. The third-order valence-electron chi connectivity index (χ3n) is 9.56. The Morgan fingerprint density at radius 2 is 0.860 bits per heavy atom. The molecule has 1 unspecified atom stereocenters. The second-order valence-corrected chi connectivity index (χ2v) is 11.7. The highest BCUT2D eigenvalue weighted by Crippen LogP contribution is 2.41. The molecule has 0 radical (unpaired) electrons. The Hall–Kier alpha value is -5.22. The van der Waals surface area contributed by atoms with Gasteiger partial charge >= 0.3 is 0 Å². The molecule has 4 N–H and O–H groups in total. The van der Waals surface area contributed by atoms with Gasteiger partial charge in [0.25, 0.3) is 0 Å². The Bertz CT molecular complexity index is 2520. The molecule has 0 amide bonds. The number of rotatable bonds is 0. The van der Waals surface area contributed by atoms with E-state index >= 15 is 0 Å². The van der Waals surface area contributed by atoms with Crippen molar-refractivity contribution in [3.05, 3.63) is 147 Å². The van der Waals surface area contributed by atoms with Gasteiger partial charge in [-0.1, -0.05) is 152 Å². The number of hydrogen-bond acceptors (Lipinski definition) is 1. The Labute approximate surface area is 297 Å². The molecule has 6 aromatic rings. The van der Waals surface area contributed by atoms with Gasteiger partial charge in [0.05, 0.1) is 32.8 Å². The van der Waals surface area contributed by atoms with Gasteiger partial charge < -0.3 is 20.3 Å². The van der Waals surface area contributed by atoms with E-state index < -0.39 is 0 Å². The summed E-state index contributed by atoms with van der Waals surface area (Å²) in [5.74, 6) is 0.176. The first-order chi connectivity index (χ1) is 24.6. The molecular weight excluding hydrogens is 609 g/mol. The molecule has 5 heterocycles. The molecule has 8 bridgehead atoms. The number of aromatic nitrogens is 3. The summed E-state index contributed by atoms with van der Waals surface area (Å²) < 4.78 is 0. The molecule has 3 aliphatic rings. The number of allylic oxidation sites excluding steroid dienone is 6. The summed E-state index contributed by atoms with van der Waals surface area (Å²) in [6, 6.07) is 26.3. The number of benzene rings is 3. The molecule has 0 saturated heterocycles. The fourth-order valence-corrected chi connectivity index (χ4v) is 7.45. The number of fused-ring (bicyclic) bond motifs is 19. The Morgan fingerprint density at radius 1 is 0.440 bits per heavy atom. The van der Waals surface area contributed by atoms with Crippen molar-refractivity contribution in [1.82, 2.24) is 20.3 Å². The van der Waals surface area contributed by atoms with Crippen LogP contribution in [0.25, 0.3) is 49.0 Å². The molecule has 0 saturated carbocycles. The first-order valence-electron chi connectivity index (χ1n) is 18.7. The predicted octanol–water partition coefficient (Wildman–Crippen LogP) is 11.3. The second-order valence-electron chi connectivity index (χ2n) is 11.7. The molecule has 0 spiro atoms. The average molecular weight is 663 g/mol. The maximum absolute atomic E-state index is 3.94. The van der Waals surface area contributed by atoms with Crippen LogP contribution in [0.4, 0.5) is 0 Å². The minimum atomic E-state index is 0.176. The zero-order valence-corrected chi connectivity index (χ0v) is 31.8. The van der Waals surface area contributed by atoms with Crippen LogP contribution in [-0.2, 0) is 0 Å². The van der Waals surface area contributed by atoms with E-state index in [1.165, 1.54) is 71.7 Å². The van der Waals surface area contributed by atoms with E-state index in [-0.39, 0.29) is 5.92 Å². The van der Waals surface area contributed by atoms with E-state index in [0.717, 1.165) is 27.1 Å². The van der Waals surface area contributed by atoms with Crippen LogP contribution in [0.5, 0.6) is 0 Å². The highest BCUT2D eigenvalue weighted by molar-refractivity contribution is 6.01. The molecule has 4 nitrogen and oxygen atoms in total. The zero-order valence-electron chi connectivity index (χ0n) is 31.8. The van der Waals surface area contributed by atoms with E-state index in [1.54, 1.807) is 0 Å². The molecule has 258 valence electrons. The largest absolute Gasteiger partial charge is 0.357 e. The van der Waals surface area contributed by atoms with E-state index in [0.29, 0.717) is 0 Å². The van der Waals surface area contributed by atoms with Gasteiger partial charge in [-0.3, -0.25) is 0 Å². The van der Waals surface area contributed by atoms with Crippen LogP contribution in [0.1, 0.15) is 87.5 Å². The van der Waals surface area contributed by atoms with Crippen molar-refractivity contribution < 1.29 is 0 Å². The SMILES string of the molecule is CC.CC.CC.CC.CC1=C2NC(=C3C=CC=CC32)C(C)=c2[nH]c(c3ccccc23)=c2[nH]c(c3ccccc23)=C(C)c2[nH]c1c1ccccc21. The van der Waals surface area contributed by atoms with Crippen LogP contribution in [0, 0.1) is 16.6 Å². The molecule has 0 fully saturated rings. The number of aromatic amines is 3. The van der Waals surface area contributed by atoms with E-state index in [4.69, 9.17) is 0 Å². The molecule has 3 aromatic heterocycles. The van der Waals surface area contributed by atoms with Gasteiger partial charge in [0.1, 0.15) is 0 Å². The van der Waals surface area contributed by atoms with Crippen molar-refractivity contribution in [2.24, 2.45) is 5.92 Å². The monoisotopic (exact) mass is 662 g/mol. The van der Waals surface area contributed by atoms with Gasteiger partial charge in [-0.2, -0.15) is 0 Å². The second kappa shape index (κ2) is 15.6. The Kier molecular flexibility index (Phi) is 11.2. The van der Waals surface area contributed by atoms with Gasteiger partial charge in [0.15, 0.2) is 0 Å². The van der Waals surface area contributed by atoms with Crippen molar-refractivity contribution >= 4 is 49.0 Å². The highest BCUT2D eigenvalue weighted by Gasteiger charge is 2.31. The van der Waals surface area contributed by atoms with Gasteiger partial charge in [-0.15, -0.1) is 0 Å². The summed E-state index contributed by atoms with van der Waals surface area (Å²) in [5.41, 5.74) is 9.69. The first kappa shape index (κ1) is 36.1. The number of nitrogens with one attached hydrogen (secondary N) is 4. The van der Waals surface area contributed by atoms with Crippen LogP contribution in [-0.4, -0.2) is 15.0 Å². The standard InChI is InChI=1S/C38H30N4.4C2H6/c1-20-31-23-12-4-6-14-25(23)33(39-31)21(2)35-27-16-8-10-18-29(27)37(41-35)38-30-19-11-9-17-28(30)36(42-38)22(3)34-26-15-7-5-13-24(26)32(20)40-34;4*1-2/h4-19,23,39-42H,1-3H3;4*1-2H3. The van der Waals surface area contributed by atoms with Crippen molar-refractivity contribution in [3.63, 3.8) is 0 Å². The van der Waals surface area contributed by atoms with Crippen molar-refractivity contribution in [3.8, 4) is 0 Å². The van der Waals surface area contributed by atoms with Gasteiger partial charge in [-0.25, -0.2) is 0 Å². The highest BCUT2D eigenvalue weighted by atomic mass is 15.0. The minimum Gasteiger partial charge on any atom is -0.357 e. The lowest BCUT2D eigenvalue weighted by Gasteiger charge is -2.15. The van der Waals surface area contributed by atoms with Crippen LogP contribution in [0.3, 0.4) is 0 Å². The van der Waals surface area contributed by atoms with Gasteiger partial charge in [0.2, 0.25) is 0 Å². The number of hydrogen-bond donors (Lipinski definition) is 4. The van der Waals surface area contributed by atoms with Crippen molar-refractivity contribution in [2.75, 3.05) is 0 Å². The van der Waals surface area contributed by atoms with Crippen LogP contribution < -0.4 is 16.0 Å². The molecule has 9 rings (SSSR count). The fraction of sp³-hybridized carbons (Fsp3) is 0.261. The molecule has 2 aliphatic heterocycles. The molecule has 3 aromatic carbocycles. The van der Waals surface area contributed by atoms with E-state index in [2.05, 4.69) is 138 Å². The smallest absolute Gasteiger partial charge is 0.0710 e. The third-order valence-corrected chi connectivity index (χ3v) is 9.56. The Morgan fingerprint density at radius 3 is 1.36 bits per heavy atom. The van der Waals surface area contributed by atoms with Gasteiger partial charge in [-0.05, 0) is 43.1 Å². The third kappa shape index (κ3) is 5.67. The van der Waals surface area contributed by atoms with Crippen LogP contribution >= 0.6 is 0 Å².